The first-order chi connectivity index (χ1) is 11.8. The highest BCUT2D eigenvalue weighted by molar-refractivity contribution is 5.91. The van der Waals surface area contributed by atoms with E-state index in [0.29, 0.717) is 18.2 Å². The van der Waals surface area contributed by atoms with Gasteiger partial charge in [0.05, 0.1) is 19.6 Å². The van der Waals surface area contributed by atoms with E-state index in [4.69, 9.17) is 4.74 Å². The fraction of sp³-hybridized carbons (Fsp3) is 0.444. The number of nitrogens with one attached hydrogen (secondary N) is 2. The van der Waals surface area contributed by atoms with Gasteiger partial charge in [0.2, 0.25) is 5.91 Å². The lowest BCUT2D eigenvalue weighted by Crippen LogP contribution is -2.36. The molecule has 126 valence electrons. The Kier molecular flexibility index (Phi) is 4.21. The number of aromatic nitrogens is 2. The van der Waals surface area contributed by atoms with E-state index in [9.17, 15) is 4.79 Å². The van der Waals surface area contributed by atoms with Crippen LogP contribution in [0.4, 0.5) is 11.5 Å². The number of ether oxygens (including phenoxy) is 1. The van der Waals surface area contributed by atoms with Crippen molar-refractivity contribution in [3.05, 3.63) is 41.6 Å². The van der Waals surface area contributed by atoms with Crippen LogP contribution in [0.25, 0.3) is 0 Å². The van der Waals surface area contributed by atoms with E-state index in [2.05, 4.69) is 32.5 Å². The van der Waals surface area contributed by atoms with E-state index < -0.39 is 0 Å². The predicted molar refractivity (Wildman–Crippen MR) is 92.4 cm³/mol. The van der Waals surface area contributed by atoms with Crippen LogP contribution in [0.2, 0.25) is 0 Å². The van der Waals surface area contributed by atoms with Crippen LogP contribution in [0.15, 0.2) is 30.3 Å². The monoisotopic (exact) mass is 326 g/mol. The van der Waals surface area contributed by atoms with Gasteiger partial charge in [-0.2, -0.15) is 5.10 Å². The molecule has 2 heterocycles. The van der Waals surface area contributed by atoms with Gasteiger partial charge in [-0.25, -0.2) is 0 Å². The normalized spacial score (nSPS) is 17.8. The van der Waals surface area contributed by atoms with Crippen molar-refractivity contribution in [2.75, 3.05) is 36.5 Å². The summed E-state index contributed by atoms with van der Waals surface area (Å²) in [7, 11) is 0. The number of nitrogens with zero attached hydrogens (tertiary/aromatic N) is 2. The molecule has 24 heavy (non-hydrogen) atoms. The summed E-state index contributed by atoms with van der Waals surface area (Å²) >= 11 is 0. The lowest BCUT2D eigenvalue weighted by molar-refractivity contribution is -0.115. The van der Waals surface area contributed by atoms with E-state index in [1.807, 2.05) is 18.2 Å². The van der Waals surface area contributed by atoms with Crippen LogP contribution in [0.1, 0.15) is 30.0 Å². The van der Waals surface area contributed by atoms with E-state index in [1.54, 1.807) is 0 Å². The Balaban J connectivity index is 1.32. The first kappa shape index (κ1) is 15.2. The third-order valence-electron chi connectivity index (χ3n) is 4.56. The Hall–Kier alpha value is -2.34. The van der Waals surface area contributed by atoms with Gasteiger partial charge in [-0.3, -0.25) is 9.89 Å². The molecule has 2 aliphatic rings. The zero-order valence-electron chi connectivity index (χ0n) is 13.6. The number of amides is 1. The van der Waals surface area contributed by atoms with Gasteiger partial charge in [-0.15, -0.1) is 0 Å². The predicted octanol–water partition coefficient (Wildman–Crippen LogP) is 2.30. The van der Waals surface area contributed by atoms with Gasteiger partial charge in [-0.1, -0.05) is 12.1 Å². The fourth-order valence-corrected chi connectivity index (χ4v) is 3.02. The Morgan fingerprint density at radius 3 is 2.71 bits per heavy atom. The summed E-state index contributed by atoms with van der Waals surface area (Å²) in [5.74, 6) is 1.19. The number of hydrogen-bond donors (Lipinski definition) is 2. The highest BCUT2D eigenvalue weighted by atomic mass is 16.5. The van der Waals surface area contributed by atoms with Gasteiger partial charge in [0.15, 0.2) is 5.82 Å². The molecule has 0 atom stereocenters. The van der Waals surface area contributed by atoms with E-state index in [0.717, 1.165) is 37.6 Å². The number of H-pyrrole nitrogens is 1. The topological polar surface area (TPSA) is 70.2 Å². The van der Waals surface area contributed by atoms with Crippen molar-refractivity contribution < 1.29 is 9.53 Å². The molecule has 1 aliphatic heterocycles. The maximum Gasteiger partial charge on any atom is 0.229 e. The SMILES string of the molecule is O=C(Cc1ccc(N2CCOCC2)cc1)Nc1cc(C2CC2)[nH]n1. The number of aromatic amines is 1. The second-order valence-electron chi connectivity index (χ2n) is 6.47. The second-order valence-corrected chi connectivity index (χ2v) is 6.47. The van der Waals surface area contributed by atoms with Crippen molar-refractivity contribution in [3.63, 3.8) is 0 Å². The zero-order valence-corrected chi connectivity index (χ0v) is 13.6. The molecule has 6 heteroatoms. The lowest BCUT2D eigenvalue weighted by atomic mass is 10.1. The van der Waals surface area contributed by atoms with Gasteiger partial charge in [-0.05, 0) is 30.5 Å². The molecular formula is C18H22N4O2. The highest BCUT2D eigenvalue weighted by Crippen LogP contribution is 2.39. The van der Waals surface area contributed by atoms with Gasteiger partial charge in [0, 0.05) is 36.5 Å². The molecule has 0 radical (unpaired) electrons. The quantitative estimate of drug-likeness (QED) is 0.884. The summed E-state index contributed by atoms with van der Waals surface area (Å²) in [6.45, 7) is 3.39. The largest absolute Gasteiger partial charge is 0.378 e. The molecule has 1 amide bonds. The number of anilines is 2. The average Bonchev–Trinajstić information content (AvgIpc) is 3.36. The average molecular weight is 326 g/mol. The summed E-state index contributed by atoms with van der Waals surface area (Å²) in [6, 6.07) is 10.1. The van der Waals surface area contributed by atoms with Crippen LogP contribution in [0.3, 0.4) is 0 Å². The molecule has 2 aromatic rings. The van der Waals surface area contributed by atoms with Crippen molar-refractivity contribution in [1.82, 2.24) is 10.2 Å². The number of hydrogen-bond acceptors (Lipinski definition) is 4. The van der Waals surface area contributed by atoms with Crippen molar-refractivity contribution in [1.29, 1.82) is 0 Å². The van der Waals surface area contributed by atoms with Gasteiger partial charge >= 0.3 is 0 Å². The molecule has 2 fully saturated rings. The van der Waals surface area contributed by atoms with Gasteiger partial charge in [0.25, 0.3) is 0 Å². The molecular weight excluding hydrogens is 304 g/mol. The summed E-state index contributed by atoms with van der Waals surface area (Å²) in [4.78, 5) is 14.5. The molecule has 1 aliphatic carbocycles. The number of carbonyl (C=O) groups excluding carboxylic acids is 1. The van der Waals surface area contributed by atoms with Crippen molar-refractivity contribution in [2.24, 2.45) is 0 Å². The summed E-state index contributed by atoms with van der Waals surface area (Å²) in [6.07, 6.45) is 2.78. The summed E-state index contributed by atoms with van der Waals surface area (Å²) < 4.78 is 5.37. The molecule has 0 spiro atoms. The van der Waals surface area contributed by atoms with E-state index in [1.165, 1.54) is 18.5 Å². The van der Waals surface area contributed by atoms with Crippen LogP contribution in [-0.4, -0.2) is 42.4 Å². The van der Waals surface area contributed by atoms with Gasteiger partial charge in [0.1, 0.15) is 0 Å². The Labute approximate surface area is 141 Å². The number of morpholine rings is 1. The molecule has 1 aromatic heterocycles. The number of rotatable bonds is 5. The Bertz CT molecular complexity index is 700. The smallest absolute Gasteiger partial charge is 0.229 e. The van der Waals surface area contributed by atoms with Crippen molar-refractivity contribution in [3.8, 4) is 0 Å². The molecule has 1 aromatic carbocycles. The number of carbonyl (C=O) groups is 1. The Morgan fingerprint density at radius 1 is 1.25 bits per heavy atom. The van der Waals surface area contributed by atoms with Crippen LogP contribution in [0.5, 0.6) is 0 Å². The molecule has 0 bridgehead atoms. The molecule has 1 saturated carbocycles. The van der Waals surface area contributed by atoms with Crippen molar-refractivity contribution >= 4 is 17.4 Å². The zero-order chi connectivity index (χ0) is 16.4. The minimum absolute atomic E-state index is 0.0389. The first-order valence-electron chi connectivity index (χ1n) is 8.55. The summed E-state index contributed by atoms with van der Waals surface area (Å²) in [5.41, 5.74) is 3.31. The first-order valence-corrected chi connectivity index (χ1v) is 8.55. The minimum atomic E-state index is -0.0389. The lowest BCUT2D eigenvalue weighted by Gasteiger charge is -2.28. The van der Waals surface area contributed by atoms with Crippen LogP contribution >= 0.6 is 0 Å². The van der Waals surface area contributed by atoms with Crippen LogP contribution in [0, 0.1) is 0 Å². The highest BCUT2D eigenvalue weighted by Gasteiger charge is 2.25. The maximum absolute atomic E-state index is 12.2. The summed E-state index contributed by atoms with van der Waals surface area (Å²) in [5, 5.41) is 10.0. The van der Waals surface area contributed by atoms with E-state index >= 15 is 0 Å². The minimum Gasteiger partial charge on any atom is -0.378 e. The molecule has 0 unspecified atom stereocenters. The molecule has 2 N–H and O–H groups in total. The van der Waals surface area contributed by atoms with Crippen LogP contribution in [-0.2, 0) is 16.0 Å². The third-order valence-corrected chi connectivity index (χ3v) is 4.56. The standard InChI is InChI=1S/C18H22N4O2/c23-18(19-17-12-16(20-21-17)14-3-4-14)11-13-1-5-15(6-2-13)22-7-9-24-10-8-22/h1-2,5-6,12,14H,3-4,7-11H2,(H2,19,20,21,23). The second kappa shape index (κ2) is 6.65. The Morgan fingerprint density at radius 2 is 2.00 bits per heavy atom. The number of benzene rings is 1. The molecule has 1 saturated heterocycles. The third kappa shape index (κ3) is 3.59. The van der Waals surface area contributed by atoms with Crippen molar-refractivity contribution in [2.45, 2.75) is 25.2 Å². The molecule has 4 rings (SSSR count). The fourth-order valence-electron chi connectivity index (χ4n) is 3.02. The van der Waals surface area contributed by atoms with Crippen LogP contribution < -0.4 is 10.2 Å². The van der Waals surface area contributed by atoms with Gasteiger partial charge < -0.3 is 15.0 Å². The van der Waals surface area contributed by atoms with E-state index in [-0.39, 0.29) is 5.91 Å². The molecule has 6 nitrogen and oxygen atoms in total. The maximum atomic E-state index is 12.2.